The van der Waals surface area contributed by atoms with Gasteiger partial charge in [-0.15, -0.1) is 0 Å². The SMILES string of the molecule is NC(=O)[C@H]1C[C@@H]1C(=O)c1ccc(Cl)c(Cl)c1. The molecule has 0 aromatic heterocycles. The molecule has 0 bridgehead atoms. The molecule has 1 saturated carbocycles. The third-order valence-electron chi connectivity index (χ3n) is 2.70. The molecule has 1 aromatic rings. The maximum atomic E-state index is 11.9. The van der Waals surface area contributed by atoms with Crippen molar-refractivity contribution in [1.82, 2.24) is 0 Å². The minimum atomic E-state index is -0.418. The van der Waals surface area contributed by atoms with Crippen LogP contribution < -0.4 is 5.73 Å². The van der Waals surface area contributed by atoms with Crippen molar-refractivity contribution in [3.63, 3.8) is 0 Å². The van der Waals surface area contributed by atoms with Crippen molar-refractivity contribution in [3.05, 3.63) is 33.8 Å². The summed E-state index contributed by atoms with van der Waals surface area (Å²) in [6.45, 7) is 0. The number of benzene rings is 1. The average Bonchev–Trinajstić information content (AvgIpc) is 3.01. The molecule has 1 aliphatic carbocycles. The van der Waals surface area contributed by atoms with Gasteiger partial charge in [0, 0.05) is 17.4 Å². The first-order valence-corrected chi connectivity index (χ1v) is 5.55. The predicted octanol–water partition coefficient (Wildman–Crippen LogP) is 2.30. The van der Waals surface area contributed by atoms with Crippen molar-refractivity contribution < 1.29 is 9.59 Å². The lowest BCUT2D eigenvalue weighted by molar-refractivity contribution is -0.119. The number of carbonyl (C=O) groups is 2. The number of carbonyl (C=O) groups excluding carboxylic acids is 2. The van der Waals surface area contributed by atoms with Gasteiger partial charge >= 0.3 is 0 Å². The Morgan fingerprint density at radius 1 is 1.19 bits per heavy atom. The molecule has 0 aliphatic heterocycles. The van der Waals surface area contributed by atoms with Gasteiger partial charge in [-0.1, -0.05) is 23.2 Å². The Kier molecular flexibility index (Phi) is 2.91. The molecule has 0 unspecified atom stereocenters. The van der Waals surface area contributed by atoms with Crippen LogP contribution in [-0.2, 0) is 4.79 Å². The van der Waals surface area contributed by atoms with Gasteiger partial charge in [0.1, 0.15) is 0 Å². The molecule has 1 amide bonds. The fraction of sp³-hybridized carbons (Fsp3) is 0.273. The summed E-state index contributed by atoms with van der Waals surface area (Å²) >= 11 is 11.5. The average molecular weight is 258 g/mol. The van der Waals surface area contributed by atoms with E-state index in [1.165, 1.54) is 6.07 Å². The monoisotopic (exact) mass is 257 g/mol. The fourth-order valence-corrected chi connectivity index (χ4v) is 1.96. The Morgan fingerprint density at radius 2 is 1.88 bits per heavy atom. The summed E-state index contributed by atoms with van der Waals surface area (Å²) in [5.74, 6) is -1.11. The lowest BCUT2D eigenvalue weighted by atomic mass is 10.1. The van der Waals surface area contributed by atoms with Crippen LogP contribution in [0.4, 0.5) is 0 Å². The molecular formula is C11H9Cl2NO2. The van der Waals surface area contributed by atoms with Crippen LogP contribution in [0.15, 0.2) is 18.2 Å². The molecule has 0 spiro atoms. The lowest BCUT2D eigenvalue weighted by Gasteiger charge is -2.01. The Morgan fingerprint density at radius 3 is 2.38 bits per heavy atom. The van der Waals surface area contributed by atoms with E-state index in [4.69, 9.17) is 28.9 Å². The van der Waals surface area contributed by atoms with Crippen LogP contribution >= 0.6 is 23.2 Å². The normalized spacial score (nSPS) is 22.9. The van der Waals surface area contributed by atoms with Crippen LogP contribution in [-0.4, -0.2) is 11.7 Å². The second-order valence-electron chi connectivity index (χ2n) is 3.84. The maximum absolute atomic E-state index is 11.9. The van der Waals surface area contributed by atoms with E-state index in [2.05, 4.69) is 0 Å². The number of rotatable bonds is 3. The first kappa shape index (κ1) is 11.4. The first-order valence-electron chi connectivity index (χ1n) is 4.79. The third kappa shape index (κ3) is 2.06. The van der Waals surface area contributed by atoms with Gasteiger partial charge in [0.2, 0.25) is 5.91 Å². The van der Waals surface area contributed by atoms with Crippen LogP contribution in [0, 0.1) is 11.8 Å². The van der Waals surface area contributed by atoms with Crippen molar-refractivity contribution in [2.45, 2.75) is 6.42 Å². The van der Waals surface area contributed by atoms with Gasteiger partial charge in [0.15, 0.2) is 5.78 Å². The van der Waals surface area contributed by atoms with E-state index in [-0.39, 0.29) is 17.6 Å². The van der Waals surface area contributed by atoms with E-state index in [1.807, 2.05) is 0 Å². The molecule has 2 rings (SSSR count). The Hall–Kier alpha value is -1.06. The van der Waals surface area contributed by atoms with E-state index in [9.17, 15) is 9.59 Å². The van der Waals surface area contributed by atoms with Crippen LogP contribution in [0.25, 0.3) is 0 Å². The van der Waals surface area contributed by atoms with Crippen LogP contribution in [0.1, 0.15) is 16.8 Å². The second kappa shape index (κ2) is 4.07. The third-order valence-corrected chi connectivity index (χ3v) is 3.44. The van der Waals surface area contributed by atoms with E-state index >= 15 is 0 Å². The first-order chi connectivity index (χ1) is 7.50. The number of amides is 1. The molecule has 0 saturated heterocycles. The smallest absolute Gasteiger partial charge is 0.221 e. The summed E-state index contributed by atoms with van der Waals surface area (Å²) in [4.78, 5) is 22.7. The number of ketones is 1. The molecule has 5 heteroatoms. The summed E-state index contributed by atoms with van der Waals surface area (Å²) < 4.78 is 0. The summed E-state index contributed by atoms with van der Waals surface area (Å²) in [5, 5.41) is 0.740. The maximum Gasteiger partial charge on any atom is 0.221 e. The summed E-state index contributed by atoms with van der Waals surface area (Å²) in [6, 6.07) is 4.69. The van der Waals surface area contributed by atoms with Gasteiger partial charge in [0.25, 0.3) is 0 Å². The minimum absolute atomic E-state index is 0.0950. The van der Waals surface area contributed by atoms with E-state index in [0.29, 0.717) is 22.0 Å². The van der Waals surface area contributed by atoms with Gasteiger partial charge in [-0.05, 0) is 24.6 Å². The number of hydrogen-bond donors (Lipinski definition) is 1. The van der Waals surface area contributed by atoms with Gasteiger partial charge in [-0.2, -0.15) is 0 Å². The second-order valence-corrected chi connectivity index (χ2v) is 4.66. The van der Waals surface area contributed by atoms with Crippen molar-refractivity contribution in [1.29, 1.82) is 0 Å². The molecule has 3 nitrogen and oxygen atoms in total. The highest BCUT2D eigenvalue weighted by atomic mass is 35.5. The number of nitrogens with two attached hydrogens (primary N) is 1. The highest BCUT2D eigenvalue weighted by Crippen LogP contribution is 2.41. The zero-order chi connectivity index (χ0) is 11.9. The van der Waals surface area contributed by atoms with Gasteiger partial charge < -0.3 is 5.73 Å². The van der Waals surface area contributed by atoms with Crippen molar-refractivity contribution in [2.75, 3.05) is 0 Å². The number of hydrogen-bond acceptors (Lipinski definition) is 2. The van der Waals surface area contributed by atoms with E-state index in [1.54, 1.807) is 12.1 Å². The number of primary amides is 1. The Bertz CT molecular complexity index is 473. The Balaban J connectivity index is 2.17. The Labute approximate surface area is 103 Å². The molecule has 0 radical (unpaired) electrons. The standard InChI is InChI=1S/C11H9Cl2NO2/c12-8-2-1-5(3-9(8)13)10(15)6-4-7(6)11(14)16/h1-3,6-7H,4H2,(H2,14,16)/t6-,7-/m0/s1. The predicted molar refractivity (Wildman–Crippen MR) is 61.6 cm³/mol. The summed E-state index contributed by atoms with van der Waals surface area (Å²) in [6.07, 6.45) is 0.536. The van der Waals surface area contributed by atoms with E-state index in [0.717, 1.165) is 0 Å². The lowest BCUT2D eigenvalue weighted by Crippen LogP contribution is -2.16. The number of halogens is 2. The summed E-state index contributed by atoms with van der Waals surface area (Å²) in [5.41, 5.74) is 5.59. The molecule has 2 N–H and O–H groups in total. The zero-order valence-corrected chi connectivity index (χ0v) is 9.76. The quantitative estimate of drug-likeness (QED) is 0.845. The molecule has 16 heavy (non-hydrogen) atoms. The van der Waals surface area contributed by atoms with Crippen molar-refractivity contribution >= 4 is 34.9 Å². The zero-order valence-electron chi connectivity index (χ0n) is 8.24. The molecule has 1 aromatic carbocycles. The van der Waals surface area contributed by atoms with Crippen LogP contribution in [0.2, 0.25) is 10.0 Å². The molecular weight excluding hydrogens is 249 g/mol. The largest absolute Gasteiger partial charge is 0.369 e. The highest BCUT2D eigenvalue weighted by Gasteiger charge is 2.46. The molecule has 84 valence electrons. The topological polar surface area (TPSA) is 60.2 Å². The fourth-order valence-electron chi connectivity index (χ4n) is 1.66. The van der Waals surface area contributed by atoms with Gasteiger partial charge in [0.05, 0.1) is 10.0 Å². The van der Waals surface area contributed by atoms with Crippen LogP contribution in [0.5, 0.6) is 0 Å². The highest BCUT2D eigenvalue weighted by molar-refractivity contribution is 6.42. The van der Waals surface area contributed by atoms with Crippen molar-refractivity contribution in [2.24, 2.45) is 17.6 Å². The van der Waals surface area contributed by atoms with Gasteiger partial charge in [-0.3, -0.25) is 9.59 Å². The minimum Gasteiger partial charge on any atom is -0.369 e. The number of Topliss-reactive ketones (excluding diaryl/α,β-unsaturated/α-hetero) is 1. The summed E-state index contributed by atoms with van der Waals surface area (Å²) in [7, 11) is 0. The molecule has 1 aliphatic rings. The molecule has 2 atom stereocenters. The molecule has 1 fully saturated rings. The van der Waals surface area contributed by atoms with Crippen molar-refractivity contribution in [3.8, 4) is 0 Å². The van der Waals surface area contributed by atoms with Gasteiger partial charge in [-0.25, -0.2) is 0 Å². The van der Waals surface area contributed by atoms with Crippen LogP contribution in [0.3, 0.4) is 0 Å². The van der Waals surface area contributed by atoms with E-state index < -0.39 is 5.91 Å². The molecule has 0 heterocycles.